The molecule has 0 amide bonds. The van der Waals surface area contributed by atoms with Gasteiger partial charge in [-0.3, -0.25) is 0 Å². The zero-order valence-electron chi connectivity index (χ0n) is 10.9. The molecule has 96 valence electrons. The normalized spacial score (nSPS) is 12.4. The Hall–Kier alpha value is -1.39. The quantitative estimate of drug-likeness (QED) is 0.919. The van der Waals surface area contributed by atoms with Crippen molar-refractivity contribution in [1.29, 1.82) is 0 Å². The van der Waals surface area contributed by atoms with Crippen LogP contribution in [0.2, 0.25) is 0 Å². The highest BCUT2D eigenvalue weighted by atomic mass is 32.1. The van der Waals surface area contributed by atoms with Gasteiger partial charge in [-0.05, 0) is 31.5 Å². The maximum absolute atomic E-state index is 9.48. The van der Waals surface area contributed by atoms with Crippen LogP contribution in [0.5, 0.6) is 0 Å². The van der Waals surface area contributed by atoms with E-state index in [0.717, 1.165) is 23.5 Å². The van der Waals surface area contributed by atoms with Gasteiger partial charge >= 0.3 is 0 Å². The minimum atomic E-state index is -0.409. The lowest BCUT2D eigenvalue weighted by atomic mass is 10.1. The largest absolute Gasteiger partial charge is 0.389 e. The average Bonchev–Trinajstić information content (AvgIpc) is 2.75. The molecule has 18 heavy (non-hydrogen) atoms. The molecular weight excluding hydrogens is 244 g/mol. The Kier molecular flexibility index (Phi) is 3.99. The molecule has 4 heteroatoms. The van der Waals surface area contributed by atoms with Crippen LogP contribution < -0.4 is 4.90 Å². The Bertz CT molecular complexity index is 505. The summed E-state index contributed by atoms with van der Waals surface area (Å²) >= 11 is 1.69. The lowest BCUT2D eigenvalue weighted by molar-refractivity contribution is 0.199. The third kappa shape index (κ3) is 2.89. The third-order valence-corrected chi connectivity index (χ3v) is 3.96. The first-order valence-corrected chi connectivity index (χ1v) is 6.84. The molecule has 3 nitrogen and oxygen atoms in total. The predicted molar refractivity (Wildman–Crippen MR) is 76.0 cm³/mol. The summed E-state index contributed by atoms with van der Waals surface area (Å²) in [5, 5.41) is 9.48. The molecule has 1 unspecified atom stereocenters. The van der Waals surface area contributed by atoms with Gasteiger partial charge in [0.15, 0.2) is 0 Å². The molecule has 2 rings (SSSR count). The number of aliphatic hydroxyl groups excluding tert-OH is 1. The van der Waals surface area contributed by atoms with Crippen LogP contribution in [0.3, 0.4) is 0 Å². The zero-order chi connectivity index (χ0) is 13.1. The van der Waals surface area contributed by atoms with E-state index in [1.807, 2.05) is 36.7 Å². The van der Waals surface area contributed by atoms with E-state index in [2.05, 4.69) is 16.9 Å². The van der Waals surface area contributed by atoms with E-state index < -0.39 is 6.10 Å². The van der Waals surface area contributed by atoms with Crippen molar-refractivity contribution < 1.29 is 5.11 Å². The second-order valence-corrected chi connectivity index (χ2v) is 5.42. The second-order valence-electron chi connectivity index (χ2n) is 4.48. The predicted octanol–water partition coefficient (Wildman–Crippen LogP) is 3.14. The van der Waals surface area contributed by atoms with E-state index in [-0.39, 0.29) is 0 Å². The van der Waals surface area contributed by atoms with Crippen LogP contribution in [-0.4, -0.2) is 17.1 Å². The van der Waals surface area contributed by atoms with Gasteiger partial charge in [-0.25, -0.2) is 4.98 Å². The molecule has 0 saturated carbocycles. The third-order valence-electron chi connectivity index (χ3n) is 3.04. The molecule has 0 saturated heterocycles. The van der Waals surface area contributed by atoms with Gasteiger partial charge in [0, 0.05) is 17.6 Å². The minimum Gasteiger partial charge on any atom is -0.389 e. The van der Waals surface area contributed by atoms with Crippen molar-refractivity contribution >= 4 is 17.0 Å². The van der Waals surface area contributed by atoms with Gasteiger partial charge in [0.05, 0.1) is 23.9 Å². The molecule has 1 N–H and O–H groups in total. The maximum Gasteiger partial charge on any atom is 0.0798 e. The highest BCUT2D eigenvalue weighted by Gasteiger charge is 2.07. The molecule has 0 spiro atoms. The number of hydrogen-bond donors (Lipinski definition) is 1. The number of hydrogen-bond acceptors (Lipinski definition) is 4. The summed E-state index contributed by atoms with van der Waals surface area (Å²) in [4.78, 5) is 7.74. The number of rotatable bonds is 4. The summed E-state index contributed by atoms with van der Waals surface area (Å²) in [7, 11) is 2.07. The summed E-state index contributed by atoms with van der Waals surface area (Å²) < 4.78 is 0. The first-order valence-electron chi connectivity index (χ1n) is 5.96. The average molecular weight is 262 g/mol. The zero-order valence-corrected chi connectivity index (χ0v) is 11.7. The number of aliphatic hydroxyl groups is 1. The van der Waals surface area contributed by atoms with Crippen molar-refractivity contribution in [1.82, 2.24) is 4.98 Å². The Labute approximate surface area is 112 Å². The first kappa shape index (κ1) is 13.1. The van der Waals surface area contributed by atoms with Crippen molar-refractivity contribution in [3.63, 3.8) is 0 Å². The van der Waals surface area contributed by atoms with Gasteiger partial charge in [-0.1, -0.05) is 12.1 Å². The number of aromatic nitrogens is 1. The Morgan fingerprint density at radius 1 is 1.33 bits per heavy atom. The molecule has 2 aromatic rings. The van der Waals surface area contributed by atoms with Crippen LogP contribution >= 0.6 is 11.3 Å². The summed E-state index contributed by atoms with van der Waals surface area (Å²) in [6, 6.07) is 8.02. The standard InChI is InChI=1S/C14H18N2OS/c1-10-14(18-9-15-10)8-16(3)13-6-4-12(5-7-13)11(2)17/h4-7,9,11,17H,8H2,1-3H3. The van der Waals surface area contributed by atoms with Crippen LogP contribution in [0, 0.1) is 6.92 Å². The molecule has 0 fully saturated rings. The summed E-state index contributed by atoms with van der Waals surface area (Å²) in [5.74, 6) is 0. The van der Waals surface area contributed by atoms with Gasteiger partial charge < -0.3 is 10.0 Å². The van der Waals surface area contributed by atoms with Crippen molar-refractivity contribution in [3.05, 3.63) is 45.9 Å². The number of thiazole rings is 1. The Morgan fingerprint density at radius 3 is 2.50 bits per heavy atom. The van der Waals surface area contributed by atoms with Gasteiger partial charge in [0.2, 0.25) is 0 Å². The van der Waals surface area contributed by atoms with Crippen molar-refractivity contribution in [2.24, 2.45) is 0 Å². The molecule has 0 aliphatic heterocycles. The van der Waals surface area contributed by atoms with E-state index in [0.29, 0.717) is 0 Å². The van der Waals surface area contributed by atoms with Crippen LogP contribution in [0.25, 0.3) is 0 Å². The number of nitrogens with zero attached hydrogens (tertiary/aromatic N) is 2. The molecule has 1 aromatic heterocycles. The molecule has 1 atom stereocenters. The molecule has 0 radical (unpaired) electrons. The summed E-state index contributed by atoms with van der Waals surface area (Å²) in [5.41, 5.74) is 5.08. The molecule has 1 aromatic carbocycles. The highest BCUT2D eigenvalue weighted by Crippen LogP contribution is 2.21. The van der Waals surface area contributed by atoms with E-state index in [1.54, 1.807) is 18.3 Å². The minimum absolute atomic E-state index is 0.409. The fourth-order valence-electron chi connectivity index (χ4n) is 1.79. The first-order chi connectivity index (χ1) is 8.58. The summed E-state index contributed by atoms with van der Waals surface area (Å²) in [6.07, 6.45) is -0.409. The second kappa shape index (κ2) is 5.50. The van der Waals surface area contributed by atoms with E-state index in [1.165, 1.54) is 4.88 Å². The lowest BCUT2D eigenvalue weighted by Gasteiger charge is -2.19. The molecule has 0 aliphatic carbocycles. The van der Waals surface area contributed by atoms with E-state index in [9.17, 15) is 5.11 Å². The number of benzene rings is 1. The van der Waals surface area contributed by atoms with Gasteiger partial charge in [-0.15, -0.1) is 11.3 Å². The fourth-order valence-corrected chi connectivity index (χ4v) is 2.62. The van der Waals surface area contributed by atoms with Gasteiger partial charge in [0.1, 0.15) is 0 Å². The highest BCUT2D eigenvalue weighted by molar-refractivity contribution is 7.09. The fraction of sp³-hybridized carbons (Fsp3) is 0.357. The van der Waals surface area contributed by atoms with Crippen LogP contribution in [0.4, 0.5) is 5.69 Å². The van der Waals surface area contributed by atoms with E-state index >= 15 is 0 Å². The Morgan fingerprint density at radius 2 is 2.00 bits per heavy atom. The molecule has 1 heterocycles. The number of aryl methyl sites for hydroxylation is 1. The molecule has 0 aliphatic rings. The van der Waals surface area contributed by atoms with Crippen molar-refractivity contribution in [2.45, 2.75) is 26.5 Å². The monoisotopic (exact) mass is 262 g/mol. The Balaban J connectivity index is 2.09. The molecular formula is C14H18N2OS. The van der Waals surface area contributed by atoms with Crippen LogP contribution in [-0.2, 0) is 6.54 Å². The topological polar surface area (TPSA) is 36.4 Å². The lowest BCUT2D eigenvalue weighted by Crippen LogP contribution is -2.16. The molecule has 0 bridgehead atoms. The SMILES string of the molecule is Cc1ncsc1CN(C)c1ccc(C(C)O)cc1. The van der Waals surface area contributed by atoms with Crippen molar-refractivity contribution in [3.8, 4) is 0 Å². The van der Waals surface area contributed by atoms with Crippen LogP contribution in [0.15, 0.2) is 29.8 Å². The van der Waals surface area contributed by atoms with Gasteiger partial charge in [0.25, 0.3) is 0 Å². The van der Waals surface area contributed by atoms with Crippen molar-refractivity contribution in [2.75, 3.05) is 11.9 Å². The van der Waals surface area contributed by atoms with Crippen LogP contribution in [0.1, 0.15) is 29.2 Å². The van der Waals surface area contributed by atoms with E-state index in [4.69, 9.17) is 0 Å². The smallest absolute Gasteiger partial charge is 0.0798 e. The number of anilines is 1. The summed E-state index contributed by atoms with van der Waals surface area (Å²) in [6.45, 7) is 4.68. The maximum atomic E-state index is 9.48. The van der Waals surface area contributed by atoms with Gasteiger partial charge in [-0.2, -0.15) is 0 Å².